The minimum absolute atomic E-state index is 0.0347. The van der Waals surface area contributed by atoms with Gasteiger partial charge >= 0.3 is 5.97 Å². The summed E-state index contributed by atoms with van der Waals surface area (Å²) in [5.74, 6) is -0.977. The Balaban J connectivity index is 2.68. The quantitative estimate of drug-likeness (QED) is 0.803. The average Bonchev–Trinajstić information content (AvgIpc) is 2.46. The van der Waals surface area contributed by atoms with Gasteiger partial charge in [0, 0.05) is 0 Å². The molecule has 0 aliphatic heterocycles. The molecule has 0 bridgehead atoms. The molecule has 0 fully saturated rings. The third-order valence-corrected chi connectivity index (χ3v) is 1.40. The van der Waals surface area contributed by atoms with Gasteiger partial charge in [0.05, 0.1) is 6.61 Å². The van der Waals surface area contributed by atoms with Gasteiger partial charge in [-0.3, -0.25) is 0 Å². The second-order valence-corrected chi connectivity index (χ2v) is 4.18. The molecule has 1 aromatic rings. The fraction of sp³-hybridized carbons (Fsp3) is 0.556. The van der Waals surface area contributed by atoms with Crippen LogP contribution >= 0.6 is 0 Å². The molecule has 14 heavy (non-hydrogen) atoms. The Morgan fingerprint density at radius 1 is 1.64 bits per heavy atom. The Morgan fingerprint density at radius 2 is 2.29 bits per heavy atom. The van der Waals surface area contributed by atoms with Crippen LogP contribution in [-0.2, 0) is 0 Å². The highest BCUT2D eigenvalue weighted by Gasteiger charge is 2.19. The first kappa shape index (κ1) is 10.6. The van der Waals surface area contributed by atoms with Crippen molar-refractivity contribution in [1.29, 1.82) is 0 Å². The Labute approximate surface area is 81.7 Å². The van der Waals surface area contributed by atoms with Gasteiger partial charge in [0.15, 0.2) is 12.0 Å². The molecule has 0 unspecified atom stereocenters. The van der Waals surface area contributed by atoms with Gasteiger partial charge in [-0.1, -0.05) is 25.9 Å². The topological polar surface area (TPSA) is 72.6 Å². The van der Waals surface area contributed by atoms with E-state index in [1.54, 1.807) is 0 Å². The van der Waals surface area contributed by atoms with E-state index in [0.29, 0.717) is 6.61 Å². The van der Waals surface area contributed by atoms with E-state index in [2.05, 4.69) is 9.68 Å². The summed E-state index contributed by atoms with van der Waals surface area (Å²) in [5.41, 5.74) is -0.221. The number of carboxylic acid groups (broad SMARTS) is 1. The summed E-state index contributed by atoms with van der Waals surface area (Å²) in [6.45, 7) is 6.37. The van der Waals surface area contributed by atoms with Gasteiger partial charge < -0.3 is 14.4 Å². The van der Waals surface area contributed by atoms with Crippen molar-refractivity contribution in [3.63, 3.8) is 0 Å². The van der Waals surface area contributed by atoms with Crippen LogP contribution in [0.1, 0.15) is 31.3 Å². The van der Waals surface area contributed by atoms with E-state index in [-0.39, 0.29) is 16.9 Å². The zero-order chi connectivity index (χ0) is 10.8. The summed E-state index contributed by atoms with van der Waals surface area (Å²) in [5, 5.41) is 12.0. The number of rotatable bonds is 3. The van der Waals surface area contributed by atoms with Crippen LogP contribution in [0.2, 0.25) is 0 Å². The maximum atomic E-state index is 10.6. The number of ether oxygens (including phenoxy) is 1. The second kappa shape index (κ2) is 3.69. The maximum absolute atomic E-state index is 10.6. The summed E-state index contributed by atoms with van der Waals surface area (Å²) >= 11 is 0. The molecule has 0 aromatic carbocycles. The molecule has 0 atom stereocenters. The maximum Gasteiger partial charge on any atom is 0.362 e. The summed E-state index contributed by atoms with van der Waals surface area (Å²) in [7, 11) is 0. The molecular weight excluding hydrogens is 186 g/mol. The first-order valence-corrected chi connectivity index (χ1v) is 4.20. The van der Waals surface area contributed by atoms with Crippen LogP contribution in [0.5, 0.6) is 5.75 Å². The standard InChI is InChI=1S/C9H13NO4/c1-9(2,3)5-13-6-4-14-10-7(6)8(11)12/h4H,5H2,1-3H3,(H,11,12). The number of hydrogen-bond donors (Lipinski definition) is 1. The van der Waals surface area contributed by atoms with Crippen molar-refractivity contribution >= 4 is 5.97 Å². The minimum Gasteiger partial charge on any atom is -0.487 e. The van der Waals surface area contributed by atoms with Crippen LogP contribution < -0.4 is 4.74 Å². The van der Waals surface area contributed by atoms with Gasteiger partial charge in [0.1, 0.15) is 0 Å². The molecule has 78 valence electrons. The normalized spacial score (nSPS) is 11.4. The van der Waals surface area contributed by atoms with Crippen molar-refractivity contribution in [2.45, 2.75) is 20.8 Å². The predicted octanol–water partition coefficient (Wildman–Crippen LogP) is 1.80. The van der Waals surface area contributed by atoms with Gasteiger partial charge in [0.25, 0.3) is 0 Å². The molecule has 0 aliphatic rings. The van der Waals surface area contributed by atoms with E-state index in [1.807, 2.05) is 20.8 Å². The lowest BCUT2D eigenvalue weighted by molar-refractivity contribution is 0.0679. The van der Waals surface area contributed by atoms with Crippen LogP contribution in [0.3, 0.4) is 0 Å². The van der Waals surface area contributed by atoms with Crippen LogP contribution in [0.15, 0.2) is 10.8 Å². The summed E-state index contributed by atoms with van der Waals surface area (Å²) < 4.78 is 9.78. The van der Waals surface area contributed by atoms with Crippen LogP contribution in [0, 0.1) is 5.41 Å². The Hall–Kier alpha value is -1.52. The molecule has 0 saturated carbocycles. The predicted molar refractivity (Wildman–Crippen MR) is 48.4 cm³/mol. The Morgan fingerprint density at radius 3 is 2.79 bits per heavy atom. The molecule has 1 aromatic heterocycles. The highest BCUT2D eigenvalue weighted by Crippen LogP contribution is 2.20. The number of carbonyl (C=O) groups is 1. The zero-order valence-corrected chi connectivity index (χ0v) is 8.40. The molecule has 1 rings (SSSR count). The lowest BCUT2D eigenvalue weighted by Crippen LogP contribution is -2.17. The third-order valence-electron chi connectivity index (χ3n) is 1.40. The number of aromatic carboxylic acids is 1. The van der Waals surface area contributed by atoms with Gasteiger partial charge in [-0.2, -0.15) is 0 Å². The van der Waals surface area contributed by atoms with E-state index in [1.165, 1.54) is 6.26 Å². The summed E-state index contributed by atoms with van der Waals surface area (Å²) in [4.78, 5) is 10.6. The monoisotopic (exact) mass is 199 g/mol. The van der Waals surface area contributed by atoms with E-state index in [0.717, 1.165) is 0 Å². The van der Waals surface area contributed by atoms with Crippen molar-refractivity contribution < 1.29 is 19.2 Å². The van der Waals surface area contributed by atoms with Crippen molar-refractivity contribution in [2.24, 2.45) is 5.41 Å². The molecule has 0 spiro atoms. The average molecular weight is 199 g/mol. The van der Waals surface area contributed by atoms with E-state index >= 15 is 0 Å². The second-order valence-electron chi connectivity index (χ2n) is 4.18. The number of carboxylic acids is 1. The SMILES string of the molecule is CC(C)(C)COc1conc1C(=O)O. The zero-order valence-electron chi connectivity index (χ0n) is 8.40. The summed E-state index contributed by atoms with van der Waals surface area (Å²) in [6, 6.07) is 0. The minimum atomic E-state index is -1.15. The molecule has 0 saturated heterocycles. The molecule has 5 nitrogen and oxygen atoms in total. The van der Waals surface area contributed by atoms with E-state index in [4.69, 9.17) is 9.84 Å². The fourth-order valence-electron chi connectivity index (χ4n) is 0.769. The van der Waals surface area contributed by atoms with Crippen LogP contribution in [0.25, 0.3) is 0 Å². The largest absolute Gasteiger partial charge is 0.487 e. The lowest BCUT2D eigenvalue weighted by Gasteiger charge is -2.17. The van der Waals surface area contributed by atoms with Crippen LogP contribution in [0.4, 0.5) is 0 Å². The molecule has 0 amide bonds. The van der Waals surface area contributed by atoms with Crippen molar-refractivity contribution in [3.8, 4) is 5.75 Å². The van der Waals surface area contributed by atoms with Crippen molar-refractivity contribution in [1.82, 2.24) is 5.16 Å². The molecule has 1 N–H and O–H groups in total. The summed E-state index contributed by atoms with van der Waals surface area (Å²) in [6.07, 6.45) is 1.19. The fourth-order valence-corrected chi connectivity index (χ4v) is 0.769. The van der Waals surface area contributed by atoms with Crippen LogP contribution in [-0.4, -0.2) is 22.8 Å². The van der Waals surface area contributed by atoms with E-state index in [9.17, 15) is 4.79 Å². The third kappa shape index (κ3) is 2.76. The molecule has 0 radical (unpaired) electrons. The lowest BCUT2D eigenvalue weighted by atomic mass is 9.99. The molecular formula is C9H13NO4. The highest BCUT2D eigenvalue weighted by atomic mass is 16.5. The van der Waals surface area contributed by atoms with Gasteiger partial charge in [-0.15, -0.1) is 0 Å². The van der Waals surface area contributed by atoms with Gasteiger partial charge in [-0.25, -0.2) is 4.79 Å². The van der Waals surface area contributed by atoms with Gasteiger partial charge in [0.2, 0.25) is 5.69 Å². The first-order chi connectivity index (χ1) is 6.40. The first-order valence-electron chi connectivity index (χ1n) is 4.20. The number of hydrogen-bond acceptors (Lipinski definition) is 4. The molecule has 5 heteroatoms. The number of aromatic nitrogens is 1. The number of nitrogens with zero attached hydrogens (tertiary/aromatic N) is 1. The Bertz CT molecular complexity index is 324. The highest BCUT2D eigenvalue weighted by molar-refractivity contribution is 5.88. The smallest absolute Gasteiger partial charge is 0.362 e. The Kier molecular flexibility index (Phi) is 2.78. The van der Waals surface area contributed by atoms with Crippen molar-refractivity contribution in [2.75, 3.05) is 6.61 Å². The van der Waals surface area contributed by atoms with E-state index < -0.39 is 5.97 Å². The van der Waals surface area contributed by atoms with Gasteiger partial charge in [-0.05, 0) is 5.41 Å². The molecule has 0 aliphatic carbocycles. The van der Waals surface area contributed by atoms with Crippen molar-refractivity contribution in [3.05, 3.63) is 12.0 Å². The molecule has 1 heterocycles.